The van der Waals surface area contributed by atoms with Crippen molar-refractivity contribution in [3.8, 4) is 0 Å². The van der Waals surface area contributed by atoms with Gasteiger partial charge in [0.2, 0.25) is 0 Å². The Hall–Kier alpha value is -1.78. The van der Waals surface area contributed by atoms with Gasteiger partial charge in [-0.1, -0.05) is 12.1 Å². The van der Waals surface area contributed by atoms with Crippen molar-refractivity contribution in [1.82, 2.24) is 20.2 Å². The molecule has 1 aliphatic rings. The Labute approximate surface area is 119 Å². The van der Waals surface area contributed by atoms with E-state index >= 15 is 0 Å². The Morgan fingerprint density at radius 2 is 1.60 bits per heavy atom. The highest BCUT2D eigenvalue weighted by Gasteiger charge is 2.24. The molecule has 1 saturated heterocycles. The molecule has 0 radical (unpaired) electrons. The molecule has 3 rings (SSSR count). The van der Waals surface area contributed by atoms with E-state index in [0.717, 1.165) is 44.0 Å². The highest BCUT2D eigenvalue weighted by atomic mass is 15.2. The van der Waals surface area contributed by atoms with Gasteiger partial charge in [0.05, 0.1) is 17.4 Å². The summed E-state index contributed by atoms with van der Waals surface area (Å²) in [6.07, 6.45) is 4.89. The summed E-state index contributed by atoms with van der Waals surface area (Å²) >= 11 is 0. The van der Waals surface area contributed by atoms with Crippen LogP contribution in [-0.2, 0) is 0 Å². The van der Waals surface area contributed by atoms with E-state index in [1.165, 1.54) is 0 Å². The molecule has 0 spiro atoms. The lowest BCUT2D eigenvalue weighted by atomic mass is 10.1. The number of hydrogen-bond donors (Lipinski definition) is 1. The first-order valence-electron chi connectivity index (χ1n) is 7.22. The van der Waals surface area contributed by atoms with Crippen LogP contribution in [-0.4, -0.2) is 41.0 Å². The molecule has 0 saturated carbocycles. The quantitative estimate of drug-likeness (QED) is 0.922. The predicted octanol–water partition coefficient (Wildman–Crippen LogP) is 1.86. The van der Waals surface area contributed by atoms with E-state index in [4.69, 9.17) is 0 Å². The first kappa shape index (κ1) is 13.2. The number of aromatic nitrogens is 2. The van der Waals surface area contributed by atoms with Crippen LogP contribution in [0.25, 0.3) is 0 Å². The normalized spacial score (nSPS) is 17.1. The van der Waals surface area contributed by atoms with Crippen LogP contribution in [0.15, 0.2) is 48.8 Å². The molecule has 0 aromatic carbocycles. The van der Waals surface area contributed by atoms with Gasteiger partial charge in [-0.3, -0.25) is 14.9 Å². The van der Waals surface area contributed by atoms with E-state index in [2.05, 4.69) is 32.3 Å². The fraction of sp³-hybridized carbons (Fsp3) is 0.375. The number of pyridine rings is 2. The Morgan fingerprint density at radius 3 is 2.20 bits per heavy atom. The van der Waals surface area contributed by atoms with Crippen LogP contribution >= 0.6 is 0 Å². The van der Waals surface area contributed by atoms with E-state index in [1.807, 2.05) is 36.7 Å². The highest BCUT2D eigenvalue weighted by Crippen LogP contribution is 2.25. The second-order valence-corrected chi connectivity index (χ2v) is 5.05. The molecule has 104 valence electrons. The fourth-order valence-corrected chi connectivity index (χ4v) is 2.73. The maximum absolute atomic E-state index is 4.56. The number of hydrogen-bond acceptors (Lipinski definition) is 4. The van der Waals surface area contributed by atoms with Gasteiger partial charge >= 0.3 is 0 Å². The van der Waals surface area contributed by atoms with Gasteiger partial charge in [-0.15, -0.1) is 0 Å². The summed E-state index contributed by atoms with van der Waals surface area (Å²) in [5.41, 5.74) is 2.15. The minimum Gasteiger partial charge on any atom is -0.315 e. The third-order valence-electron chi connectivity index (χ3n) is 3.68. The van der Waals surface area contributed by atoms with Crippen LogP contribution < -0.4 is 5.32 Å². The molecule has 1 N–H and O–H groups in total. The summed E-state index contributed by atoms with van der Waals surface area (Å²) in [7, 11) is 0. The van der Waals surface area contributed by atoms with Crippen LogP contribution in [0.3, 0.4) is 0 Å². The summed E-state index contributed by atoms with van der Waals surface area (Å²) in [5, 5.41) is 3.45. The molecule has 1 aliphatic heterocycles. The van der Waals surface area contributed by atoms with Crippen LogP contribution in [0.1, 0.15) is 23.9 Å². The topological polar surface area (TPSA) is 41.1 Å². The molecule has 2 aromatic heterocycles. The van der Waals surface area contributed by atoms with Crippen molar-refractivity contribution in [2.75, 3.05) is 26.2 Å². The van der Waals surface area contributed by atoms with Crippen molar-refractivity contribution >= 4 is 0 Å². The maximum Gasteiger partial charge on any atom is 0.0950 e. The van der Waals surface area contributed by atoms with Crippen molar-refractivity contribution in [3.63, 3.8) is 0 Å². The van der Waals surface area contributed by atoms with Crippen LogP contribution in [0.4, 0.5) is 0 Å². The van der Waals surface area contributed by atoms with E-state index in [1.54, 1.807) is 0 Å². The SMILES string of the molecule is c1ccc(C(c2ccccn2)N2CCCNCC2)nc1. The van der Waals surface area contributed by atoms with Crippen molar-refractivity contribution < 1.29 is 0 Å². The largest absolute Gasteiger partial charge is 0.315 e. The molecular formula is C16H20N4. The molecule has 0 unspecified atom stereocenters. The van der Waals surface area contributed by atoms with E-state index in [0.29, 0.717) is 0 Å². The van der Waals surface area contributed by atoms with Gasteiger partial charge < -0.3 is 5.32 Å². The first-order valence-corrected chi connectivity index (χ1v) is 7.22. The second kappa shape index (κ2) is 6.59. The minimum absolute atomic E-state index is 0.150. The Bertz CT molecular complexity index is 467. The molecule has 0 aliphatic carbocycles. The average molecular weight is 268 g/mol. The summed E-state index contributed by atoms with van der Waals surface area (Å²) in [5.74, 6) is 0. The lowest BCUT2D eigenvalue weighted by Gasteiger charge is -2.29. The van der Waals surface area contributed by atoms with Crippen molar-refractivity contribution in [3.05, 3.63) is 60.2 Å². The van der Waals surface area contributed by atoms with Crippen molar-refractivity contribution in [1.29, 1.82) is 0 Å². The molecule has 0 atom stereocenters. The molecular weight excluding hydrogens is 248 g/mol. The zero-order chi connectivity index (χ0) is 13.6. The molecule has 0 bridgehead atoms. The average Bonchev–Trinajstić information content (AvgIpc) is 2.79. The monoisotopic (exact) mass is 268 g/mol. The maximum atomic E-state index is 4.56. The van der Waals surface area contributed by atoms with Gasteiger partial charge in [0.25, 0.3) is 0 Å². The third-order valence-corrected chi connectivity index (χ3v) is 3.68. The summed E-state index contributed by atoms with van der Waals surface area (Å²) in [4.78, 5) is 11.6. The summed E-state index contributed by atoms with van der Waals surface area (Å²) in [6, 6.07) is 12.4. The predicted molar refractivity (Wildman–Crippen MR) is 79.4 cm³/mol. The highest BCUT2D eigenvalue weighted by molar-refractivity contribution is 5.22. The Morgan fingerprint density at radius 1 is 0.900 bits per heavy atom. The van der Waals surface area contributed by atoms with Gasteiger partial charge in [-0.2, -0.15) is 0 Å². The summed E-state index contributed by atoms with van der Waals surface area (Å²) < 4.78 is 0. The van der Waals surface area contributed by atoms with Crippen LogP contribution in [0, 0.1) is 0 Å². The zero-order valence-corrected chi connectivity index (χ0v) is 11.6. The van der Waals surface area contributed by atoms with Gasteiger partial charge in [0.15, 0.2) is 0 Å². The molecule has 0 amide bonds. The van der Waals surface area contributed by atoms with Gasteiger partial charge in [0, 0.05) is 32.0 Å². The van der Waals surface area contributed by atoms with E-state index < -0.39 is 0 Å². The minimum atomic E-state index is 0.150. The molecule has 20 heavy (non-hydrogen) atoms. The second-order valence-electron chi connectivity index (χ2n) is 5.05. The van der Waals surface area contributed by atoms with Gasteiger partial charge in [-0.25, -0.2) is 0 Å². The molecule has 2 aromatic rings. The Kier molecular flexibility index (Phi) is 4.35. The molecule has 4 nitrogen and oxygen atoms in total. The fourth-order valence-electron chi connectivity index (χ4n) is 2.73. The van der Waals surface area contributed by atoms with Gasteiger partial charge in [0.1, 0.15) is 0 Å². The molecule has 1 fully saturated rings. The number of nitrogens with one attached hydrogen (secondary N) is 1. The van der Waals surface area contributed by atoms with Crippen LogP contribution in [0.5, 0.6) is 0 Å². The van der Waals surface area contributed by atoms with Crippen molar-refractivity contribution in [2.24, 2.45) is 0 Å². The third kappa shape index (κ3) is 3.03. The van der Waals surface area contributed by atoms with Gasteiger partial charge in [-0.05, 0) is 37.2 Å². The number of rotatable bonds is 3. The smallest absolute Gasteiger partial charge is 0.0950 e. The van der Waals surface area contributed by atoms with Crippen molar-refractivity contribution in [2.45, 2.75) is 12.5 Å². The standard InChI is InChI=1S/C16H20N4/c1-3-9-18-14(6-1)16(15-7-2-4-10-19-15)20-12-5-8-17-11-13-20/h1-4,6-7,9-10,16-17H,5,8,11-13H2. The molecule has 3 heterocycles. The Balaban J connectivity index is 1.95. The first-order chi connectivity index (χ1) is 9.95. The lowest BCUT2D eigenvalue weighted by molar-refractivity contribution is 0.233. The zero-order valence-electron chi connectivity index (χ0n) is 11.6. The molecule has 4 heteroatoms. The lowest BCUT2D eigenvalue weighted by Crippen LogP contribution is -2.33. The van der Waals surface area contributed by atoms with E-state index in [-0.39, 0.29) is 6.04 Å². The number of nitrogens with zero attached hydrogens (tertiary/aromatic N) is 3. The summed E-state index contributed by atoms with van der Waals surface area (Å²) in [6.45, 7) is 4.21. The van der Waals surface area contributed by atoms with E-state index in [9.17, 15) is 0 Å². The van der Waals surface area contributed by atoms with Crippen LogP contribution in [0.2, 0.25) is 0 Å².